The van der Waals surface area contributed by atoms with Crippen molar-refractivity contribution in [3.63, 3.8) is 0 Å². The standard InChI is InChI=1S/C13H15BrO3/c1-3-4-7-17-9-11-6-5-10(8-12(11)14)13(15)16-2/h3,5-6,8H,1,4,7,9H2,2H3. The van der Waals surface area contributed by atoms with Crippen molar-refractivity contribution < 1.29 is 14.3 Å². The van der Waals surface area contributed by atoms with Crippen molar-refractivity contribution in [2.24, 2.45) is 0 Å². The third-order valence-electron chi connectivity index (χ3n) is 2.20. The van der Waals surface area contributed by atoms with Crippen molar-refractivity contribution in [1.82, 2.24) is 0 Å². The largest absolute Gasteiger partial charge is 0.465 e. The minimum atomic E-state index is -0.343. The zero-order valence-corrected chi connectivity index (χ0v) is 11.3. The summed E-state index contributed by atoms with van der Waals surface area (Å²) in [5.41, 5.74) is 1.52. The first kappa shape index (κ1) is 13.9. The van der Waals surface area contributed by atoms with Gasteiger partial charge in [-0.2, -0.15) is 0 Å². The zero-order chi connectivity index (χ0) is 12.7. The molecule has 0 aliphatic carbocycles. The van der Waals surface area contributed by atoms with Crippen LogP contribution in [0.1, 0.15) is 22.3 Å². The molecular formula is C13H15BrO3. The lowest BCUT2D eigenvalue weighted by atomic mass is 10.1. The fourth-order valence-electron chi connectivity index (χ4n) is 1.26. The molecule has 0 aromatic heterocycles. The molecular weight excluding hydrogens is 284 g/mol. The van der Waals surface area contributed by atoms with Crippen molar-refractivity contribution in [2.75, 3.05) is 13.7 Å². The molecule has 1 rings (SSSR count). The Kier molecular flexibility index (Phi) is 5.94. The van der Waals surface area contributed by atoms with Crippen LogP contribution in [0, 0.1) is 0 Å². The number of hydrogen-bond acceptors (Lipinski definition) is 3. The lowest BCUT2D eigenvalue weighted by Gasteiger charge is -2.07. The maximum atomic E-state index is 11.3. The lowest BCUT2D eigenvalue weighted by Crippen LogP contribution is -2.02. The van der Waals surface area contributed by atoms with Crippen LogP contribution >= 0.6 is 15.9 Å². The van der Waals surface area contributed by atoms with E-state index in [1.54, 1.807) is 12.1 Å². The van der Waals surface area contributed by atoms with Crippen LogP contribution in [0.15, 0.2) is 35.3 Å². The Bertz CT molecular complexity index is 402. The number of ether oxygens (including phenoxy) is 2. The molecule has 0 fully saturated rings. The molecule has 0 saturated carbocycles. The smallest absolute Gasteiger partial charge is 0.337 e. The summed E-state index contributed by atoms with van der Waals surface area (Å²) in [6.07, 6.45) is 2.65. The summed E-state index contributed by atoms with van der Waals surface area (Å²) in [5, 5.41) is 0. The Balaban J connectivity index is 2.63. The molecule has 0 unspecified atom stereocenters. The second-order valence-corrected chi connectivity index (χ2v) is 4.28. The monoisotopic (exact) mass is 298 g/mol. The van der Waals surface area contributed by atoms with Gasteiger partial charge in [-0.3, -0.25) is 0 Å². The number of carbonyl (C=O) groups is 1. The van der Waals surface area contributed by atoms with E-state index in [2.05, 4.69) is 27.2 Å². The van der Waals surface area contributed by atoms with Crippen LogP contribution in [0.5, 0.6) is 0 Å². The van der Waals surface area contributed by atoms with Gasteiger partial charge in [-0.05, 0) is 24.1 Å². The third kappa shape index (κ3) is 4.32. The predicted molar refractivity (Wildman–Crippen MR) is 70.0 cm³/mol. The Morgan fingerprint density at radius 2 is 2.29 bits per heavy atom. The molecule has 0 radical (unpaired) electrons. The van der Waals surface area contributed by atoms with Crippen molar-refractivity contribution in [3.8, 4) is 0 Å². The van der Waals surface area contributed by atoms with Crippen molar-refractivity contribution >= 4 is 21.9 Å². The average molecular weight is 299 g/mol. The first-order valence-electron chi connectivity index (χ1n) is 5.24. The summed E-state index contributed by atoms with van der Waals surface area (Å²) >= 11 is 3.41. The Morgan fingerprint density at radius 3 is 2.88 bits per heavy atom. The van der Waals surface area contributed by atoms with Crippen molar-refractivity contribution in [1.29, 1.82) is 0 Å². The maximum absolute atomic E-state index is 11.3. The Labute approximate surface area is 110 Å². The van der Waals surface area contributed by atoms with Crippen molar-refractivity contribution in [2.45, 2.75) is 13.0 Å². The van der Waals surface area contributed by atoms with Crippen LogP contribution in [0.4, 0.5) is 0 Å². The molecule has 0 aliphatic rings. The molecule has 92 valence electrons. The molecule has 1 aromatic carbocycles. The van der Waals surface area contributed by atoms with Gasteiger partial charge in [-0.1, -0.05) is 28.1 Å². The maximum Gasteiger partial charge on any atom is 0.337 e. The number of benzene rings is 1. The van der Waals surface area contributed by atoms with Gasteiger partial charge in [0.05, 0.1) is 25.9 Å². The number of esters is 1. The minimum absolute atomic E-state index is 0.343. The average Bonchev–Trinajstić information content (AvgIpc) is 2.35. The van der Waals surface area contributed by atoms with Gasteiger partial charge in [0.2, 0.25) is 0 Å². The topological polar surface area (TPSA) is 35.5 Å². The van der Waals surface area contributed by atoms with Gasteiger partial charge in [-0.25, -0.2) is 4.79 Å². The van der Waals surface area contributed by atoms with Crippen LogP contribution in [0.3, 0.4) is 0 Å². The molecule has 0 saturated heterocycles. The Hall–Kier alpha value is -1.13. The molecule has 0 atom stereocenters. The number of halogens is 1. The highest BCUT2D eigenvalue weighted by Crippen LogP contribution is 2.20. The molecule has 0 aliphatic heterocycles. The SMILES string of the molecule is C=CCCOCc1ccc(C(=O)OC)cc1Br. The molecule has 0 amide bonds. The second kappa shape index (κ2) is 7.25. The van der Waals surface area contributed by atoms with Crippen LogP contribution in [-0.2, 0) is 16.1 Å². The Morgan fingerprint density at radius 1 is 1.53 bits per heavy atom. The molecule has 0 N–H and O–H groups in total. The summed E-state index contributed by atoms with van der Waals surface area (Å²) in [7, 11) is 1.36. The zero-order valence-electron chi connectivity index (χ0n) is 9.74. The number of carbonyl (C=O) groups excluding carboxylic acids is 1. The second-order valence-electron chi connectivity index (χ2n) is 3.43. The number of rotatable bonds is 6. The van der Waals surface area contributed by atoms with Gasteiger partial charge in [0.1, 0.15) is 0 Å². The third-order valence-corrected chi connectivity index (χ3v) is 2.94. The van der Waals surface area contributed by atoms with E-state index in [9.17, 15) is 4.79 Å². The lowest BCUT2D eigenvalue weighted by molar-refractivity contribution is 0.0600. The first-order chi connectivity index (χ1) is 8.19. The number of methoxy groups -OCH3 is 1. The highest BCUT2D eigenvalue weighted by Gasteiger charge is 2.08. The molecule has 17 heavy (non-hydrogen) atoms. The van der Waals surface area contributed by atoms with Gasteiger partial charge in [-0.15, -0.1) is 6.58 Å². The minimum Gasteiger partial charge on any atom is -0.465 e. The number of hydrogen-bond donors (Lipinski definition) is 0. The van der Waals surface area contributed by atoms with E-state index < -0.39 is 0 Å². The van der Waals surface area contributed by atoms with E-state index >= 15 is 0 Å². The van der Waals surface area contributed by atoms with Gasteiger partial charge in [0.15, 0.2) is 0 Å². The molecule has 4 heteroatoms. The fraction of sp³-hybridized carbons (Fsp3) is 0.308. The summed E-state index contributed by atoms with van der Waals surface area (Å²) < 4.78 is 10.9. The summed E-state index contributed by atoms with van der Waals surface area (Å²) in [4.78, 5) is 11.3. The molecule has 0 spiro atoms. The first-order valence-corrected chi connectivity index (χ1v) is 6.03. The van der Waals surface area contributed by atoms with Crippen molar-refractivity contribution in [3.05, 3.63) is 46.5 Å². The molecule has 3 nitrogen and oxygen atoms in total. The highest BCUT2D eigenvalue weighted by molar-refractivity contribution is 9.10. The van der Waals surface area contributed by atoms with Gasteiger partial charge >= 0.3 is 5.97 Å². The molecule has 0 heterocycles. The van der Waals surface area contributed by atoms with Gasteiger partial charge < -0.3 is 9.47 Å². The van der Waals surface area contributed by atoms with E-state index in [4.69, 9.17) is 4.74 Å². The van der Waals surface area contributed by atoms with E-state index in [0.29, 0.717) is 18.8 Å². The highest BCUT2D eigenvalue weighted by atomic mass is 79.9. The van der Waals surface area contributed by atoms with E-state index in [0.717, 1.165) is 16.5 Å². The van der Waals surface area contributed by atoms with E-state index in [-0.39, 0.29) is 5.97 Å². The van der Waals surface area contributed by atoms with Gasteiger partial charge in [0.25, 0.3) is 0 Å². The quantitative estimate of drug-likeness (QED) is 0.459. The van der Waals surface area contributed by atoms with E-state index in [1.807, 2.05) is 12.1 Å². The van der Waals surface area contributed by atoms with Crippen LogP contribution in [0.2, 0.25) is 0 Å². The molecule has 1 aromatic rings. The van der Waals surface area contributed by atoms with Crippen LogP contribution in [-0.4, -0.2) is 19.7 Å². The fourth-order valence-corrected chi connectivity index (χ4v) is 1.75. The van der Waals surface area contributed by atoms with E-state index in [1.165, 1.54) is 7.11 Å². The normalized spacial score (nSPS) is 10.0. The van der Waals surface area contributed by atoms with Crippen LogP contribution < -0.4 is 0 Å². The summed E-state index contributed by atoms with van der Waals surface area (Å²) in [6.45, 7) is 4.78. The predicted octanol–water partition coefficient (Wildman–Crippen LogP) is 3.33. The molecule has 0 bridgehead atoms. The summed E-state index contributed by atoms with van der Waals surface area (Å²) in [6, 6.07) is 5.31. The summed E-state index contributed by atoms with van der Waals surface area (Å²) in [5.74, 6) is -0.343. The van der Waals surface area contributed by atoms with Crippen LogP contribution in [0.25, 0.3) is 0 Å². The van der Waals surface area contributed by atoms with Gasteiger partial charge in [0, 0.05) is 4.47 Å².